The summed E-state index contributed by atoms with van der Waals surface area (Å²) < 4.78 is 15.8. The molecule has 8 heteroatoms. The number of aromatic nitrogens is 2. The maximum Gasteiger partial charge on any atom is 0.313 e. The van der Waals surface area contributed by atoms with Crippen LogP contribution in [-0.2, 0) is 4.79 Å². The van der Waals surface area contributed by atoms with E-state index >= 15 is 0 Å². The van der Waals surface area contributed by atoms with Gasteiger partial charge in [-0.15, -0.1) is 0 Å². The summed E-state index contributed by atoms with van der Waals surface area (Å²) in [6, 6.07) is 4.08. The third-order valence-corrected chi connectivity index (χ3v) is 4.70. The number of rotatable bonds is 3. The van der Waals surface area contributed by atoms with Crippen molar-refractivity contribution in [2.24, 2.45) is 10.9 Å². The van der Waals surface area contributed by atoms with Crippen molar-refractivity contribution in [2.45, 2.75) is 19.8 Å². The molecule has 0 saturated heterocycles. The summed E-state index contributed by atoms with van der Waals surface area (Å²) in [5.41, 5.74) is 0.649. The normalized spacial score (nSPS) is 20.1. The van der Waals surface area contributed by atoms with E-state index in [1.165, 1.54) is 41.5 Å². The van der Waals surface area contributed by atoms with Crippen LogP contribution in [-0.4, -0.2) is 32.2 Å². The maximum absolute atomic E-state index is 14.6. The van der Waals surface area contributed by atoms with E-state index in [1.54, 1.807) is 13.8 Å². The van der Waals surface area contributed by atoms with Crippen molar-refractivity contribution in [3.63, 3.8) is 0 Å². The highest BCUT2D eigenvalue weighted by atomic mass is 35.5. The molecule has 0 radical (unpaired) electrons. The lowest BCUT2D eigenvalue weighted by Crippen LogP contribution is -2.36. The van der Waals surface area contributed by atoms with Crippen LogP contribution < -0.4 is 0 Å². The Labute approximate surface area is 153 Å². The van der Waals surface area contributed by atoms with Crippen molar-refractivity contribution in [2.75, 3.05) is 0 Å². The fourth-order valence-corrected chi connectivity index (χ4v) is 3.55. The molecule has 0 amide bonds. The number of hydrogen-bond acceptors (Lipinski definition) is 4. The van der Waals surface area contributed by atoms with Crippen molar-refractivity contribution in [3.05, 3.63) is 64.6 Å². The molecule has 0 aliphatic carbocycles. The lowest BCUT2D eigenvalue weighted by molar-refractivity contribution is -0.139. The summed E-state index contributed by atoms with van der Waals surface area (Å²) in [6.07, 6.45) is 4.15. The highest BCUT2D eigenvalue weighted by Crippen LogP contribution is 2.43. The van der Waals surface area contributed by atoms with Gasteiger partial charge >= 0.3 is 5.97 Å². The Hall–Kier alpha value is -2.80. The number of imidazole rings is 1. The average molecular weight is 376 g/mol. The first-order valence-corrected chi connectivity index (χ1v) is 8.16. The van der Waals surface area contributed by atoms with Gasteiger partial charge in [0.15, 0.2) is 0 Å². The van der Waals surface area contributed by atoms with Crippen LogP contribution in [0.15, 0.2) is 53.2 Å². The zero-order valence-corrected chi connectivity index (χ0v) is 14.7. The summed E-state index contributed by atoms with van der Waals surface area (Å²) >= 11 is 6.20. The van der Waals surface area contributed by atoms with Crippen LogP contribution in [0.1, 0.15) is 30.1 Å². The summed E-state index contributed by atoms with van der Waals surface area (Å²) in [5, 5.41) is 9.79. The molecule has 2 unspecified atom stereocenters. The van der Waals surface area contributed by atoms with Crippen molar-refractivity contribution in [3.8, 4) is 0 Å². The Morgan fingerprint density at radius 3 is 2.62 bits per heavy atom. The number of allylic oxidation sites excluding steroid dienone is 2. The molecule has 26 heavy (non-hydrogen) atoms. The average Bonchev–Trinajstić information content (AvgIpc) is 3.08. The van der Waals surface area contributed by atoms with Gasteiger partial charge in [0.1, 0.15) is 18.1 Å². The lowest BCUT2D eigenvalue weighted by Gasteiger charge is -2.31. The molecule has 0 bridgehead atoms. The molecule has 0 saturated carbocycles. The molecule has 1 aliphatic rings. The fourth-order valence-electron chi connectivity index (χ4n) is 3.27. The Kier molecular flexibility index (Phi) is 4.73. The fraction of sp³-hybridized carbons (Fsp3) is 0.222. The third kappa shape index (κ3) is 2.94. The summed E-state index contributed by atoms with van der Waals surface area (Å²) in [6.45, 7) is 3.13. The van der Waals surface area contributed by atoms with E-state index in [2.05, 4.69) is 9.98 Å². The Morgan fingerprint density at radius 2 is 2.04 bits per heavy atom. The molecule has 134 valence electrons. The number of benzene rings is 1. The first-order valence-electron chi connectivity index (χ1n) is 7.78. The number of halogens is 2. The predicted molar refractivity (Wildman–Crippen MR) is 93.9 cm³/mol. The van der Waals surface area contributed by atoms with Crippen LogP contribution in [0.5, 0.6) is 0 Å². The van der Waals surface area contributed by atoms with Gasteiger partial charge in [-0.3, -0.25) is 19.1 Å². The largest absolute Gasteiger partial charge is 0.481 e. The highest BCUT2D eigenvalue weighted by Gasteiger charge is 2.43. The van der Waals surface area contributed by atoms with Gasteiger partial charge < -0.3 is 5.11 Å². The number of carbonyl (C=O) groups is 2. The minimum Gasteiger partial charge on any atom is -0.481 e. The molecular weight excluding hydrogens is 361 g/mol. The predicted octanol–water partition coefficient (Wildman–Crippen LogP) is 3.55. The van der Waals surface area contributed by atoms with E-state index in [0.717, 1.165) is 0 Å². The van der Waals surface area contributed by atoms with Crippen LogP contribution >= 0.6 is 11.6 Å². The number of carbonyl (C=O) groups excluding carboxylic acids is 1. The number of carboxylic acid groups (broad SMARTS) is 1. The number of nitrogens with zero attached hydrogens (tertiary/aromatic N) is 3. The van der Waals surface area contributed by atoms with Crippen molar-refractivity contribution in [1.82, 2.24) is 9.55 Å². The van der Waals surface area contributed by atoms with E-state index in [0.29, 0.717) is 5.70 Å². The van der Waals surface area contributed by atoms with E-state index in [1.807, 2.05) is 0 Å². The van der Waals surface area contributed by atoms with Gasteiger partial charge in [-0.1, -0.05) is 17.7 Å². The van der Waals surface area contributed by atoms with Gasteiger partial charge in [0.2, 0.25) is 0 Å². The van der Waals surface area contributed by atoms with Gasteiger partial charge in [-0.2, -0.15) is 0 Å². The van der Waals surface area contributed by atoms with Crippen LogP contribution in [0.2, 0.25) is 5.02 Å². The van der Waals surface area contributed by atoms with Crippen LogP contribution in [0.3, 0.4) is 0 Å². The lowest BCUT2D eigenvalue weighted by atomic mass is 9.75. The second kappa shape index (κ2) is 6.84. The molecule has 0 spiro atoms. The Balaban J connectivity index is 2.28. The molecule has 3 rings (SSSR count). The van der Waals surface area contributed by atoms with Gasteiger partial charge in [-0.05, 0) is 26.0 Å². The number of aliphatic carboxylic acids is 1. The monoisotopic (exact) mass is 375 g/mol. The molecule has 1 aromatic heterocycles. The Bertz CT molecular complexity index is 930. The van der Waals surface area contributed by atoms with E-state index in [-0.39, 0.29) is 21.9 Å². The van der Waals surface area contributed by atoms with Crippen molar-refractivity contribution in [1.29, 1.82) is 0 Å². The molecule has 2 aromatic rings. The van der Waals surface area contributed by atoms with Gasteiger partial charge in [0, 0.05) is 45.9 Å². The molecule has 2 heterocycles. The van der Waals surface area contributed by atoms with Crippen molar-refractivity contribution < 1.29 is 19.1 Å². The second-order valence-electron chi connectivity index (χ2n) is 5.96. The highest BCUT2D eigenvalue weighted by molar-refractivity contribution is 6.31. The summed E-state index contributed by atoms with van der Waals surface area (Å²) in [7, 11) is 0. The quantitative estimate of drug-likeness (QED) is 0.889. The smallest absolute Gasteiger partial charge is 0.313 e. The van der Waals surface area contributed by atoms with E-state index in [4.69, 9.17) is 11.6 Å². The molecule has 1 N–H and O–H groups in total. The molecule has 2 atom stereocenters. The molecule has 1 aliphatic heterocycles. The topological polar surface area (TPSA) is 84.5 Å². The molecule has 1 aromatic carbocycles. The minimum atomic E-state index is -1.21. The second-order valence-corrected chi connectivity index (χ2v) is 6.36. The molecular formula is C18H15ClFN3O3. The van der Waals surface area contributed by atoms with Gasteiger partial charge in [0.05, 0.1) is 0 Å². The van der Waals surface area contributed by atoms with Crippen LogP contribution in [0, 0.1) is 11.7 Å². The van der Waals surface area contributed by atoms with Crippen LogP contribution in [0.4, 0.5) is 4.39 Å². The zero-order valence-electron chi connectivity index (χ0n) is 14.0. The number of aliphatic imine (C=N–C) groups is 1. The maximum atomic E-state index is 14.6. The van der Waals surface area contributed by atoms with Crippen molar-refractivity contribution >= 4 is 29.2 Å². The third-order valence-electron chi connectivity index (χ3n) is 4.37. The number of hydrogen-bond donors (Lipinski definition) is 1. The van der Waals surface area contributed by atoms with Gasteiger partial charge in [0.25, 0.3) is 5.91 Å². The standard InChI is InChI=1S/C18H15ClFN3O3/c1-9-13(17(24)23-7-6-21-8-23)16(14(18(25)26)10(2)22-9)15-11(19)4-3-5-12(15)20/h3-8,14,16H,1-2H3,(H,25,26). The zero-order chi connectivity index (χ0) is 19.0. The van der Waals surface area contributed by atoms with Gasteiger partial charge in [-0.25, -0.2) is 9.37 Å². The first-order chi connectivity index (χ1) is 12.3. The molecule has 0 fully saturated rings. The SMILES string of the molecule is CC1=NC(C)=C(C(=O)n2ccnc2)C(c2c(F)cccc2Cl)C1C(=O)O. The van der Waals surface area contributed by atoms with Crippen LogP contribution in [0.25, 0.3) is 0 Å². The number of carboxylic acids is 1. The van der Waals surface area contributed by atoms with E-state index < -0.39 is 29.5 Å². The summed E-state index contributed by atoms with van der Waals surface area (Å²) in [4.78, 5) is 33.0. The molecule has 6 nitrogen and oxygen atoms in total. The first kappa shape index (κ1) is 18.0. The summed E-state index contributed by atoms with van der Waals surface area (Å²) in [5.74, 6) is -4.72. The Morgan fingerprint density at radius 1 is 1.31 bits per heavy atom. The van der Waals surface area contributed by atoms with E-state index in [9.17, 15) is 19.1 Å². The minimum absolute atomic E-state index is 0.0290.